The predicted octanol–water partition coefficient (Wildman–Crippen LogP) is -13.4. The molecular formula is H7B3KLiO9. The molecule has 0 atom stereocenters. The molecule has 0 unspecified atom stereocenters. The van der Waals surface area contributed by atoms with Gasteiger partial charge in [-0.25, -0.2) is 0 Å². The molecule has 0 aromatic rings. The third kappa shape index (κ3) is 562. The molecule has 0 heterocycles. The van der Waals surface area contributed by atoms with E-state index in [1.54, 1.807) is 0 Å². The van der Waals surface area contributed by atoms with Crippen molar-refractivity contribution in [3.05, 3.63) is 0 Å². The molecule has 7 N–H and O–H groups in total. The predicted molar refractivity (Wildman–Crippen MR) is 32.8 cm³/mol. The molecule has 0 aliphatic carbocycles. The first-order valence-electron chi connectivity index (χ1n) is 2.28. The molecule has 9 nitrogen and oxygen atoms in total. The maximum atomic E-state index is 8.53. The van der Waals surface area contributed by atoms with Crippen molar-refractivity contribution in [1.29, 1.82) is 0 Å². The van der Waals surface area contributed by atoms with E-state index in [2.05, 4.69) is 0 Å². The maximum Gasteiger partial charge on any atom is 1.00 e. The van der Waals surface area contributed by atoms with Gasteiger partial charge in [0.25, 0.3) is 0 Å². The Kier molecular flexibility index (Phi) is 51.8. The van der Waals surface area contributed by atoms with Crippen molar-refractivity contribution in [1.82, 2.24) is 0 Å². The van der Waals surface area contributed by atoms with Gasteiger partial charge in [-0.2, -0.15) is 0 Å². The molecule has 0 spiro atoms. The van der Waals surface area contributed by atoms with Gasteiger partial charge in [0.05, 0.1) is 7.32 Å². The van der Waals surface area contributed by atoms with E-state index in [0.29, 0.717) is 0 Å². The Labute approximate surface area is 136 Å². The summed E-state index contributed by atoms with van der Waals surface area (Å²) in [5, 5.41) is 67.0. The third-order valence-electron chi connectivity index (χ3n) is 0. The minimum Gasteiger partial charge on any atom is -0.871 e. The van der Waals surface area contributed by atoms with E-state index >= 15 is 0 Å². The van der Waals surface area contributed by atoms with Crippen molar-refractivity contribution in [3.63, 3.8) is 0 Å². The number of hydrogen-bond acceptors (Lipinski definition) is 9. The van der Waals surface area contributed by atoms with Gasteiger partial charge in [-0.1, -0.05) is 0 Å². The average Bonchev–Trinajstić information content (AvgIpc) is 1.54. The normalized spacial score (nSPS) is 5.79. The van der Waals surface area contributed by atoms with Crippen molar-refractivity contribution < 1.29 is 115 Å². The van der Waals surface area contributed by atoms with Gasteiger partial charge in [-0.05, 0) is 0 Å². The van der Waals surface area contributed by atoms with Crippen LogP contribution in [0.4, 0.5) is 0 Å². The molecule has 72 valence electrons. The van der Waals surface area contributed by atoms with E-state index < -0.39 is 22.0 Å². The molecule has 0 bridgehead atoms. The van der Waals surface area contributed by atoms with Crippen LogP contribution in [0.1, 0.15) is 0 Å². The molecule has 0 amide bonds. The monoisotopic (exact) mass is 230 g/mol. The minimum atomic E-state index is -2.67. The molecular weight excluding hydrogens is 222 g/mol. The van der Waals surface area contributed by atoms with Crippen LogP contribution >= 0.6 is 0 Å². The van der Waals surface area contributed by atoms with Crippen molar-refractivity contribution in [2.24, 2.45) is 0 Å². The van der Waals surface area contributed by atoms with Crippen LogP contribution in [0.3, 0.4) is 0 Å². The summed E-state index contributed by atoms with van der Waals surface area (Å²) in [7, 11) is -7.00. The Balaban J connectivity index is -0.0000000270. The molecule has 0 aliphatic rings. The zero-order chi connectivity index (χ0) is 10.7. The second kappa shape index (κ2) is 24.3. The van der Waals surface area contributed by atoms with Gasteiger partial charge in [0.15, 0.2) is 0 Å². The van der Waals surface area contributed by atoms with E-state index in [1.807, 2.05) is 0 Å². The largest absolute Gasteiger partial charge is 1.00 e. The molecule has 0 saturated carbocycles. The van der Waals surface area contributed by atoms with E-state index in [1.165, 1.54) is 0 Å². The second-order valence-electron chi connectivity index (χ2n) is 1.000. The van der Waals surface area contributed by atoms with Crippen LogP contribution in [0.15, 0.2) is 0 Å². The van der Waals surface area contributed by atoms with Gasteiger partial charge in [0.2, 0.25) is 0 Å². The topological polar surface area (TPSA) is 188 Å². The van der Waals surface area contributed by atoms with E-state index in [9.17, 15) is 0 Å². The summed E-state index contributed by atoms with van der Waals surface area (Å²) in [5.41, 5.74) is 0. The molecule has 0 aromatic carbocycles. The molecule has 0 fully saturated rings. The van der Waals surface area contributed by atoms with E-state index in [0.717, 1.165) is 0 Å². The Morgan fingerprint density at radius 2 is 0.643 bits per heavy atom. The quantitative estimate of drug-likeness (QED) is 0.198. The SMILES string of the molecule is OB(O)O.OB(O)O.[K+].[Li+].[O-]B([O-])O. The zero-order valence-corrected chi connectivity index (χ0v) is 10.8. The maximum absolute atomic E-state index is 8.53. The summed E-state index contributed by atoms with van der Waals surface area (Å²) in [6.45, 7) is 0. The standard InChI is InChI=1S/2BH3O3.BHO3.K.Li/c3*2-1(3)4;;/h2*2-4H;2H;;/q;;-2;2*+1. The molecule has 0 rings (SSSR count). The summed E-state index contributed by atoms with van der Waals surface area (Å²) < 4.78 is 0. The summed E-state index contributed by atoms with van der Waals surface area (Å²) in [5.74, 6) is 0. The molecule has 14 heteroatoms. The van der Waals surface area contributed by atoms with Crippen LogP contribution in [-0.4, -0.2) is 57.1 Å². The average molecular weight is 230 g/mol. The number of hydrogen-bond donors (Lipinski definition) is 7. The Bertz CT molecular complexity index is 48.5. The summed E-state index contributed by atoms with van der Waals surface area (Å²) >= 11 is 0. The fourth-order valence-corrected chi connectivity index (χ4v) is 0. The molecule has 0 aromatic heterocycles. The van der Waals surface area contributed by atoms with Gasteiger partial charge < -0.3 is 45.2 Å². The summed E-state index contributed by atoms with van der Waals surface area (Å²) in [4.78, 5) is 0. The Morgan fingerprint density at radius 1 is 0.643 bits per heavy atom. The fraction of sp³-hybridized carbons (Fsp3) is 0. The number of rotatable bonds is 0. The van der Waals surface area contributed by atoms with Crippen molar-refractivity contribution in [3.8, 4) is 0 Å². The molecule has 0 aliphatic heterocycles. The zero-order valence-electron chi connectivity index (χ0n) is 7.68. The van der Waals surface area contributed by atoms with E-state index in [4.69, 9.17) is 45.2 Å². The fourth-order valence-electron chi connectivity index (χ4n) is 0. The Hall–Kier alpha value is 2.07. The second-order valence-corrected chi connectivity index (χ2v) is 1.000. The molecule has 14 heavy (non-hydrogen) atoms. The van der Waals surface area contributed by atoms with Crippen LogP contribution in [0.25, 0.3) is 0 Å². The smallest absolute Gasteiger partial charge is 0.871 e. The van der Waals surface area contributed by atoms with Crippen molar-refractivity contribution in [2.45, 2.75) is 0 Å². The van der Waals surface area contributed by atoms with Gasteiger partial charge >= 0.3 is 84.9 Å². The first kappa shape index (κ1) is 29.8. The van der Waals surface area contributed by atoms with E-state index in [-0.39, 0.29) is 70.2 Å². The van der Waals surface area contributed by atoms with Gasteiger partial charge in [-0.15, -0.1) is 0 Å². The summed E-state index contributed by atoms with van der Waals surface area (Å²) in [6.07, 6.45) is 0. The van der Waals surface area contributed by atoms with Crippen LogP contribution in [0, 0.1) is 0 Å². The van der Waals surface area contributed by atoms with Crippen molar-refractivity contribution >= 4 is 22.0 Å². The van der Waals surface area contributed by atoms with Gasteiger partial charge in [-0.3, -0.25) is 0 Å². The third-order valence-corrected chi connectivity index (χ3v) is 0. The van der Waals surface area contributed by atoms with Crippen LogP contribution in [-0.2, 0) is 0 Å². The molecule has 0 saturated heterocycles. The summed E-state index contributed by atoms with van der Waals surface area (Å²) in [6, 6.07) is 0. The van der Waals surface area contributed by atoms with Gasteiger partial charge in [0, 0.05) is 0 Å². The molecule has 0 radical (unpaired) electrons. The minimum absolute atomic E-state index is 0. The van der Waals surface area contributed by atoms with Crippen LogP contribution < -0.4 is 80.3 Å². The van der Waals surface area contributed by atoms with Crippen LogP contribution in [0.2, 0.25) is 0 Å². The van der Waals surface area contributed by atoms with Crippen LogP contribution in [0.5, 0.6) is 0 Å². The Morgan fingerprint density at radius 3 is 0.643 bits per heavy atom. The first-order valence-corrected chi connectivity index (χ1v) is 2.28. The van der Waals surface area contributed by atoms with Gasteiger partial charge in [0.1, 0.15) is 0 Å². The first-order chi connectivity index (χ1) is 5.20. The van der Waals surface area contributed by atoms with Crippen molar-refractivity contribution in [2.75, 3.05) is 0 Å².